The van der Waals surface area contributed by atoms with Crippen LogP contribution in [0.25, 0.3) is 0 Å². The average Bonchev–Trinajstić information content (AvgIpc) is 2.33. The first kappa shape index (κ1) is 16.1. The quantitative estimate of drug-likeness (QED) is 0.587. The van der Waals surface area contributed by atoms with Gasteiger partial charge in [0.05, 0.1) is 12.4 Å². The van der Waals surface area contributed by atoms with Crippen LogP contribution in [-0.2, 0) is 17.5 Å². The molecule has 1 N–H and O–H groups in total. The average molecular weight is 285 g/mol. The van der Waals surface area contributed by atoms with Crippen LogP contribution in [0.3, 0.4) is 0 Å². The largest absolute Gasteiger partial charge is 0.494 e. The molecule has 0 amide bonds. The molecule has 0 aliphatic heterocycles. The Morgan fingerprint density at radius 3 is 2.68 bits per heavy atom. The highest BCUT2D eigenvalue weighted by molar-refractivity contribution is 7.79. The van der Waals surface area contributed by atoms with Crippen molar-refractivity contribution >= 4 is 11.1 Å². The number of hydrogen-bond donors (Lipinski definition) is 1. The highest BCUT2D eigenvalue weighted by Crippen LogP contribution is 2.18. The minimum absolute atomic E-state index is 0.282. The lowest BCUT2D eigenvalue weighted by molar-refractivity contribution is 0.281. The summed E-state index contributed by atoms with van der Waals surface area (Å²) in [5.41, 5.74) is 2.21. The molecular formula is C14H23NO3S. The summed E-state index contributed by atoms with van der Waals surface area (Å²) in [6, 6.07) is 5.90. The van der Waals surface area contributed by atoms with Crippen LogP contribution < -0.4 is 4.74 Å². The summed E-state index contributed by atoms with van der Waals surface area (Å²) in [6.07, 6.45) is 1.62. The Morgan fingerprint density at radius 1 is 1.37 bits per heavy atom. The van der Waals surface area contributed by atoms with Crippen LogP contribution in [0.5, 0.6) is 5.75 Å². The predicted octanol–water partition coefficient (Wildman–Crippen LogP) is 2.09. The molecule has 5 heteroatoms. The molecule has 0 aromatic heterocycles. The van der Waals surface area contributed by atoms with Gasteiger partial charge in [0.1, 0.15) is 5.75 Å². The Morgan fingerprint density at radius 2 is 2.11 bits per heavy atom. The zero-order valence-electron chi connectivity index (χ0n) is 11.9. The monoisotopic (exact) mass is 285 g/mol. The van der Waals surface area contributed by atoms with Crippen molar-refractivity contribution in [3.05, 3.63) is 29.3 Å². The summed E-state index contributed by atoms with van der Waals surface area (Å²) >= 11 is -1.73. The topological polar surface area (TPSA) is 49.8 Å². The minimum Gasteiger partial charge on any atom is -0.494 e. The molecule has 0 aliphatic carbocycles. The van der Waals surface area contributed by atoms with E-state index in [1.165, 1.54) is 0 Å². The summed E-state index contributed by atoms with van der Waals surface area (Å²) in [7, 11) is 4.09. The van der Waals surface area contributed by atoms with Crippen molar-refractivity contribution in [2.45, 2.75) is 19.8 Å². The van der Waals surface area contributed by atoms with Crippen LogP contribution in [0.2, 0.25) is 0 Å². The molecule has 1 unspecified atom stereocenters. The number of hydrogen-bond acceptors (Lipinski definition) is 3. The second-order valence-electron chi connectivity index (χ2n) is 4.87. The maximum Gasteiger partial charge on any atom is 0.153 e. The second-order valence-corrected chi connectivity index (χ2v) is 5.92. The first-order valence-electron chi connectivity index (χ1n) is 6.43. The van der Waals surface area contributed by atoms with Gasteiger partial charge in [-0.05, 0) is 57.1 Å². The van der Waals surface area contributed by atoms with Gasteiger partial charge in [-0.2, -0.15) is 0 Å². The van der Waals surface area contributed by atoms with Gasteiger partial charge >= 0.3 is 0 Å². The van der Waals surface area contributed by atoms with Crippen LogP contribution in [0.4, 0.5) is 0 Å². The van der Waals surface area contributed by atoms with Crippen molar-refractivity contribution in [3.8, 4) is 5.75 Å². The van der Waals surface area contributed by atoms with E-state index < -0.39 is 11.1 Å². The Hall–Kier alpha value is -0.910. The van der Waals surface area contributed by atoms with Gasteiger partial charge in [-0.3, -0.25) is 0 Å². The molecule has 0 fully saturated rings. The molecule has 0 bridgehead atoms. The lowest BCUT2D eigenvalue weighted by Gasteiger charge is -2.12. The highest BCUT2D eigenvalue weighted by atomic mass is 32.2. The van der Waals surface area contributed by atoms with E-state index in [4.69, 9.17) is 9.29 Å². The first-order chi connectivity index (χ1) is 8.99. The van der Waals surface area contributed by atoms with Crippen molar-refractivity contribution in [2.75, 3.05) is 33.0 Å². The summed E-state index contributed by atoms with van der Waals surface area (Å²) < 4.78 is 25.1. The number of nitrogens with zero attached hydrogens (tertiary/aromatic N) is 1. The Balaban J connectivity index is 2.45. The third-order valence-electron chi connectivity index (χ3n) is 2.88. The van der Waals surface area contributed by atoms with Gasteiger partial charge in [-0.1, -0.05) is 6.07 Å². The van der Waals surface area contributed by atoms with Crippen LogP contribution >= 0.6 is 0 Å². The van der Waals surface area contributed by atoms with Gasteiger partial charge in [-0.25, -0.2) is 4.21 Å². The fourth-order valence-electron chi connectivity index (χ4n) is 1.81. The highest BCUT2D eigenvalue weighted by Gasteiger charge is 2.03. The maximum atomic E-state index is 10.7. The number of ether oxygens (including phenoxy) is 1. The number of rotatable bonds is 8. The molecule has 0 spiro atoms. The summed E-state index contributed by atoms with van der Waals surface area (Å²) in [5, 5.41) is 0. The third kappa shape index (κ3) is 6.71. The molecule has 0 saturated heterocycles. The third-order valence-corrected chi connectivity index (χ3v) is 3.43. The van der Waals surface area contributed by atoms with E-state index in [1.54, 1.807) is 0 Å². The normalized spacial score (nSPS) is 12.7. The number of aryl methyl sites for hydroxylation is 2. The zero-order valence-corrected chi connectivity index (χ0v) is 12.7. The predicted molar refractivity (Wildman–Crippen MR) is 79.2 cm³/mol. The van der Waals surface area contributed by atoms with Gasteiger partial charge in [-0.15, -0.1) is 0 Å². The van der Waals surface area contributed by atoms with Crippen molar-refractivity contribution < 1.29 is 13.5 Å². The van der Waals surface area contributed by atoms with E-state index in [-0.39, 0.29) is 5.75 Å². The standard InChI is InChI=1S/C14H23NO3S/c1-12-11-14(18-9-4-8-15(2)3)6-5-13(12)7-10-19(16)17/h5-6,11H,4,7-10H2,1-3H3,(H,16,17). The Bertz CT molecular complexity index is 421. The van der Waals surface area contributed by atoms with Gasteiger partial charge < -0.3 is 14.2 Å². The molecule has 0 heterocycles. The van der Waals surface area contributed by atoms with Crippen molar-refractivity contribution in [1.82, 2.24) is 4.90 Å². The number of benzene rings is 1. The van der Waals surface area contributed by atoms with E-state index in [0.717, 1.165) is 29.8 Å². The molecule has 1 aromatic carbocycles. The van der Waals surface area contributed by atoms with Gasteiger partial charge in [0.25, 0.3) is 0 Å². The molecule has 0 radical (unpaired) electrons. The smallest absolute Gasteiger partial charge is 0.153 e. The lowest BCUT2D eigenvalue weighted by Crippen LogP contribution is -2.15. The van der Waals surface area contributed by atoms with Crippen LogP contribution in [0.1, 0.15) is 17.5 Å². The van der Waals surface area contributed by atoms with Gasteiger partial charge in [0, 0.05) is 6.54 Å². The van der Waals surface area contributed by atoms with Crippen LogP contribution in [0, 0.1) is 6.92 Å². The summed E-state index contributed by atoms with van der Waals surface area (Å²) in [6.45, 7) is 3.72. The van der Waals surface area contributed by atoms with Crippen LogP contribution in [-0.4, -0.2) is 46.7 Å². The summed E-state index contributed by atoms with van der Waals surface area (Å²) in [5.74, 6) is 1.15. The van der Waals surface area contributed by atoms with Crippen LogP contribution in [0.15, 0.2) is 18.2 Å². The fourth-order valence-corrected chi connectivity index (χ4v) is 2.20. The van der Waals surface area contributed by atoms with Crippen molar-refractivity contribution in [2.24, 2.45) is 0 Å². The summed E-state index contributed by atoms with van der Waals surface area (Å²) in [4.78, 5) is 2.13. The maximum absolute atomic E-state index is 10.7. The van der Waals surface area contributed by atoms with E-state index in [0.29, 0.717) is 13.0 Å². The molecule has 0 saturated carbocycles. The van der Waals surface area contributed by atoms with E-state index in [2.05, 4.69) is 4.90 Å². The lowest BCUT2D eigenvalue weighted by atomic mass is 10.1. The minimum atomic E-state index is -1.73. The molecule has 1 aromatic rings. The van der Waals surface area contributed by atoms with Crippen molar-refractivity contribution in [3.63, 3.8) is 0 Å². The molecule has 1 rings (SSSR count). The Kier molecular flexibility index (Phi) is 7.05. The van der Waals surface area contributed by atoms with E-state index in [9.17, 15) is 4.21 Å². The van der Waals surface area contributed by atoms with Gasteiger partial charge in [0.15, 0.2) is 11.1 Å². The molecule has 0 aliphatic rings. The molecule has 4 nitrogen and oxygen atoms in total. The molecule has 1 atom stereocenters. The molecule has 108 valence electrons. The SMILES string of the molecule is Cc1cc(OCCCN(C)C)ccc1CCS(=O)O. The second kappa shape index (κ2) is 8.30. The van der Waals surface area contributed by atoms with E-state index in [1.807, 2.05) is 39.2 Å². The Labute approximate surface area is 118 Å². The van der Waals surface area contributed by atoms with Gasteiger partial charge in [0.2, 0.25) is 0 Å². The van der Waals surface area contributed by atoms with Crippen molar-refractivity contribution in [1.29, 1.82) is 0 Å². The van der Waals surface area contributed by atoms with E-state index >= 15 is 0 Å². The fraction of sp³-hybridized carbons (Fsp3) is 0.571. The zero-order chi connectivity index (χ0) is 14.3. The molecule has 19 heavy (non-hydrogen) atoms. The molecular weight excluding hydrogens is 262 g/mol. The first-order valence-corrected chi connectivity index (χ1v) is 7.71.